The van der Waals surface area contributed by atoms with Crippen LogP contribution < -0.4 is 10.2 Å². The highest BCUT2D eigenvalue weighted by Gasteiger charge is 2.34. The molecule has 20 heavy (non-hydrogen) atoms. The topological polar surface area (TPSA) is 57.6 Å². The Morgan fingerprint density at radius 2 is 2.30 bits per heavy atom. The lowest BCUT2D eigenvalue weighted by Crippen LogP contribution is -2.54. The van der Waals surface area contributed by atoms with E-state index in [4.69, 9.17) is 4.74 Å². The Morgan fingerprint density at radius 1 is 1.55 bits per heavy atom. The van der Waals surface area contributed by atoms with Gasteiger partial charge in [0.1, 0.15) is 5.82 Å². The second-order valence-corrected chi connectivity index (χ2v) is 6.08. The highest BCUT2D eigenvalue weighted by atomic mass is 16.5. The van der Waals surface area contributed by atoms with Gasteiger partial charge in [-0.15, -0.1) is 0 Å². The van der Waals surface area contributed by atoms with Gasteiger partial charge in [0.15, 0.2) is 0 Å². The molecule has 0 radical (unpaired) electrons. The van der Waals surface area contributed by atoms with Crippen LogP contribution in [0.2, 0.25) is 0 Å². The molecule has 1 aromatic heterocycles. The van der Waals surface area contributed by atoms with E-state index in [2.05, 4.69) is 28.2 Å². The Balaban J connectivity index is 2.21. The summed E-state index contributed by atoms with van der Waals surface area (Å²) in [6.45, 7) is 8.50. The zero-order chi connectivity index (χ0) is 14.8. The largest absolute Gasteiger partial charge is 0.394 e. The Bertz CT molecular complexity index is 462. The molecule has 0 amide bonds. The maximum Gasteiger partial charge on any atom is 0.131 e. The molecular weight excluding hydrogens is 254 g/mol. The molecule has 1 aliphatic heterocycles. The van der Waals surface area contributed by atoms with Crippen molar-refractivity contribution in [3.8, 4) is 0 Å². The number of hydrogen-bond donors (Lipinski definition) is 2. The van der Waals surface area contributed by atoms with Crippen LogP contribution in [0.15, 0.2) is 12.3 Å². The van der Waals surface area contributed by atoms with Crippen LogP contribution in [0.25, 0.3) is 0 Å². The summed E-state index contributed by atoms with van der Waals surface area (Å²) in [7, 11) is 1.93. The number of aromatic nitrogens is 1. The van der Waals surface area contributed by atoms with E-state index in [0.29, 0.717) is 6.54 Å². The number of nitrogens with zero attached hydrogens (tertiary/aromatic N) is 2. The van der Waals surface area contributed by atoms with Crippen molar-refractivity contribution in [1.82, 2.24) is 10.3 Å². The molecule has 2 N–H and O–H groups in total. The van der Waals surface area contributed by atoms with Crippen LogP contribution in [0.4, 0.5) is 5.82 Å². The van der Waals surface area contributed by atoms with Crippen LogP contribution in [-0.4, -0.2) is 48.5 Å². The molecule has 1 saturated heterocycles. The van der Waals surface area contributed by atoms with Gasteiger partial charge >= 0.3 is 0 Å². The van der Waals surface area contributed by atoms with E-state index in [0.717, 1.165) is 24.5 Å². The van der Waals surface area contributed by atoms with Gasteiger partial charge in [0.05, 0.1) is 18.3 Å². The molecule has 2 rings (SSSR count). The average Bonchev–Trinajstić information content (AvgIpc) is 2.37. The molecule has 5 heteroatoms. The molecule has 1 aliphatic rings. The summed E-state index contributed by atoms with van der Waals surface area (Å²) in [6, 6.07) is 2.16. The third-order valence-electron chi connectivity index (χ3n) is 3.47. The number of anilines is 1. The van der Waals surface area contributed by atoms with E-state index < -0.39 is 0 Å². The van der Waals surface area contributed by atoms with E-state index in [1.807, 2.05) is 27.1 Å². The fourth-order valence-corrected chi connectivity index (χ4v) is 2.81. The summed E-state index contributed by atoms with van der Waals surface area (Å²) in [5.41, 5.74) is 2.07. The van der Waals surface area contributed by atoms with Crippen molar-refractivity contribution < 1.29 is 9.84 Å². The van der Waals surface area contributed by atoms with E-state index in [-0.39, 0.29) is 18.3 Å². The van der Waals surface area contributed by atoms with Crippen molar-refractivity contribution in [2.24, 2.45) is 0 Å². The predicted octanol–water partition coefficient (Wildman–Crippen LogP) is 1.09. The maximum atomic E-state index is 9.39. The Labute approximate surface area is 121 Å². The molecule has 1 atom stereocenters. The van der Waals surface area contributed by atoms with Crippen molar-refractivity contribution in [2.75, 3.05) is 31.6 Å². The fourth-order valence-electron chi connectivity index (χ4n) is 2.81. The molecule has 0 bridgehead atoms. The summed E-state index contributed by atoms with van der Waals surface area (Å²) >= 11 is 0. The van der Waals surface area contributed by atoms with Gasteiger partial charge < -0.3 is 20.1 Å². The van der Waals surface area contributed by atoms with Crippen LogP contribution in [0, 0.1) is 6.92 Å². The number of aryl methyl sites for hydroxylation is 1. The molecule has 0 aliphatic carbocycles. The normalized spacial score (nSPS) is 22.1. The molecule has 0 saturated carbocycles. The van der Waals surface area contributed by atoms with Crippen LogP contribution in [0.5, 0.6) is 0 Å². The van der Waals surface area contributed by atoms with Gasteiger partial charge in [-0.25, -0.2) is 4.98 Å². The van der Waals surface area contributed by atoms with E-state index in [1.54, 1.807) is 0 Å². The van der Waals surface area contributed by atoms with Crippen molar-refractivity contribution >= 4 is 5.82 Å². The van der Waals surface area contributed by atoms with E-state index in [1.165, 1.54) is 5.56 Å². The minimum Gasteiger partial charge on any atom is -0.394 e. The first-order valence-electron chi connectivity index (χ1n) is 7.09. The molecule has 1 aromatic rings. The van der Waals surface area contributed by atoms with Crippen LogP contribution in [-0.2, 0) is 11.3 Å². The van der Waals surface area contributed by atoms with Crippen LogP contribution in [0.3, 0.4) is 0 Å². The Morgan fingerprint density at radius 3 is 2.90 bits per heavy atom. The van der Waals surface area contributed by atoms with Crippen molar-refractivity contribution in [3.63, 3.8) is 0 Å². The lowest BCUT2D eigenvalue weighted by Gasteiger charge is -2.43. The van der Waals surface area contributed by atoms with E-state index in [9.17, 15) is 5.11 Å². The summed E-state index contributed by atoms with van der Waals surface area (Å²) in [6.07, 6.45) is 1.76. The average molecular weight is 279 g/mol. The number of hydrogen-bond acceptors (Lipinski definition) is 5. The minimum atomic E-state index is -0.274. The smallest absolute Gasteiger partial charge is 0.131 e. The van der Waals surface area contributed by atoms with Gasteiger partial charge in [0.25, 0.3) is 0 Å². The first-order valence-corrected chi connectivity index (χ1v) is 7.09. The second-order valence-electron chi connectivity index (χ2n) is 6.08. The molecular formula is C15H25N3O2. The van der Waals surface area contributed by atoms with Gasteiger partial charge in [0.2, 0.25) is 0 Å². The first kappa shape index (κ1) is 15.2. The van der Waals surface area contributed by atoms with Gasteiger partial charge in [-0.3, -0.25) is 0 Å². The quantitative estimate of drug-likeness (QED) is 0.864. The Hall–Kier alpha value is -1.17. The van der Waals surface area contributed by atoms with Crippen LogP contribution in [0.1, 0.15) is 25.0 Å². The van der Waals surface area contributed by atoms with Gasteiger partial charge in [-0.2, -0.15) is 0 Å². The zero-order valence-corrected chi connectivity index (χ0v) is 12.8. The van der Waals surface area contributed by atoms with Crippen molar-refractivity contribution in [1.29, 1.82) is 0 Å². The second kappa shape index (κ2) is 6.08. The summed E-state index contributed by atoms with van der Waals surface area (Å²) < 4.78 is 5.85. The molecule has 1 unspecified atom stereocenters. The van der Waals surface area contributed by atoms with Gasteiger partial charge in [-0.05, 0) is 45.0 Å². The van der Waals surface area contributed by atoms with Gasteiger partial charge in [0, 0.05) is 25.8 Å². The number of pyridine rings is 1. The zero-order valence-electron chi connectivity index (χ0n) is 12.8. The SMILES string of the molecule is CNCc1cnc(N2CC(CO)OC(C)(C)C2)c(C)c1. The summed E-state index contributed by atoms with van der Waals surface area (Å²) in [4.78, 5) is 6.81. The maximum absolute atomic E-state index is 9.39. The number of nitrogens with one attached hydrogen (secondary N) is 1. The molecule has 112 valence electrons. The standard InChI is InChI=1S/C15H25N3O2/c1-11-5-12(6-16-4)7-17-14(11)18-8-13(9-19)20-15(2,3)10-18/h5,7,13,16,19H,6,8-10H2,1-4H3. The monoisotopic (exact) mass is 279 g/mol. The number of rotatable bonds is 4. The predicted molar refractivity (Wildman–Crippen MR) is 80.0 cm³/mol. The lowest BCUT2D eigenvalue weighted by atomic mass is 10.0. The molecule has 5 nitrogen and oxygen atoms in total. The summed E-state index contributed by atoms with van der Waals surface area (Å²) in [5, 5.41) is 12.5. The third kappa shape index (κ3) is 3.48. The van der Waals surface area contributed by atoms with Crippen molar-refractivity contribution in [3.05, 3.63) is 23.4 Å². The molecule has 0 spiro atoms. The van der Waals surface area contributed by atoms with Crippen molar-refractivity contribution in [2.45, 2.75) is 39.0 Å². The first-order chi connectivity index (χ1) is 9.45. The Kier molecular flexibility index (Phi) is 4.62. The number of ether oxygens (including phenoxy) is 1. The number of aliphatic hydroxyl groups is 1. The molecule has 0 aromatic carbocycles. The number of aliphatic hydroxyl groups excluding tert-OH is 1. The third-order valence-corrected chi connectivity index (χ3v) is 3.47. The highest BCUT2D eigenvalue weighted by molar-refractivity contribution is 5.48. The molecule has 2 heterocycles. The highest BCUT2D eigenvalue weighted by Crippen LogP contribution is 2.27. The summed E-state index contributed by atoms with van der Waals surface area (Å²) in [5.74, 6) is 0.986. The fraction of sp³-hybridized carbons (Fsp3) is 0.667. The van der Waals surface area contributed by atoms with E-state index >= 15 is 0 Å². The van der Waals surface area contributed by atoms with Gasteiger partial charge in [-0.1, -0.05) is 0 Å². The van der Waals surface area contributed by atoms with Crippen LogP contribution >= 0.6 is 0 Å². The minimum absolute atomic E-state index is 0.0385. The lowest BCUT2D eigenvalue weighted by molar-refractivity contribution is -0.101. The number of morpholine rings is 1. The molecule has 1 fully saturated rings.